The molecule has 0 spiro atoms. The SMILES string of the molecule is CCn1cnc(-c2ccc3c(C4=CNC5C=C(c6ccc(CN7CCOCC7)cc6)C(C)=NN45)ccnc3n2)c1. The molecular weight excluding hydrogens is 500 g/mol. The number of hydrogen-bond acceptors (Lipinski definition) is 8. The smallest absolute Gasteiger partial charge is 0.160 e. The molecule has 0 amide bonds. The van der Waals surface area contributed by atoms with Gasteiger partial charge in [0, 0.05) is 61.3 Å². The molecule has 3 aromatic heterocycles. The van der Waals surface area contributed by atoms with Crippen molar-refractivity contribution in [1.82, 2.24) is 34.7 Å². The molecule has 3 aliphatic rings. The van der Waals surface area contributed by atoms with E-state index in [2.05, 4.69) is 75.4 Å². The van der Waals surface area contributed by atoms with Crippen molar-refractivity contribution in [3.05, 3.63) is 90.2 Å². The Morgan fingerprint density at radius 1 is 1.00 bits per heavy atom. The van der Waals surface area contributed by atoms with Gasteiger partial charge in [-0.05, 0) is 49.2 Å². The van der Waals surface area contributed by atoms with Crippen molar-refractivity contribution in [2.45, 2.75) is 33.1 Å². The first-order chi connectivity index (χ1) is 19.7. The van der Waals surface area contributed by atoms with Gasteiger partial charge in [-0.25, -0.2) is 20.0 Å². The zero-order chi connectivity index (χ0) is 27.1. The lowest BCUT2D eigenvalue weighted by molar-refractivity contribution is 0.0342. The minimum atomic E-state index is -0.0600. The minimum absolute atomic E-state index is 0.0600. The number of imidazole rings is 1. The Morgan fingerprint density at radius 3 is 2.65 bits per heavy atom. The van der Waals surface area contributed by atoms with Crippen LogP contribution < -0.4 is 5.32 Å². The summed E-state index contributed by atoms with van der Waals surface area (Å²) in [7, 11) is 0. The van der Waals surface area contributed by atoms with Crippen molar-refractivity contribution in [2.24, 2.45) is 5.10 Å². The lowest BCUT2D eigenvalue weighted by Gasteiger charge is -2.29. The predicted octanol–water partition coefficient (Wildman–Crippen LogP) is 4.35. The first kappa shape index (κ1) is 24.7. The van der Waals surface area contributed by atoms with Crippen molar-refractivity contribution < 1.29 is 4.74 Å². The number of nitrogens with one attached hydrogen (secondary N) is 1. The van der Waals surface area contributed by atoms with E-state index in [4.69, 9.17) is 14.8 Å². The van der Waals surface area contributed by atoms with Gasteiger partial charge < -0.3 is 14.6 Å². The average Bonchev–Trinajstić information content (AvgIpc) is 3.64. The Labute approximate surface area is 233 Å². The lowest BCUT2D eigenvalue weighted by Crippen LogP contribution is -2.35. The Kier molecular flexibility index (Phi) is 6.37. The Bertz CT molecular complexity index is 1650. The summed E-state index contributed by atoms with van der Waals surface area (Å²) in [6, 6.07) is 15.0. The zero-order valence-corrected chi connectivity index (χ0v) is 22.8. The number of pyridine rings is 2. The maximum Gasteiger partial charge on any atom is 0.160 e. The standard InChI is InChI=1S/C31H32N8O/c1-3-37-19-28(34-20-37)27-9-8-25-24(10-11-32-31(25)35-27)29-17-33-30-16-26(21(2)36-39(29)30)23-6-4-22(5-7-23)18-38-12-14-40-15-13-38/h4-11,16-17,19-20,30,33H,3,12-15,18H2,1-2H3. The topological polar surface area (TPSA) is 83.7 Å². The molecule has 1 aromatic carbocycles. The van der Waals surface area contributed by atoms with Gasteiger partial charge in [-0.15, -0.1) is 0 Å². The number of hydrogen-bond donors (Lipinski definition) is 1. The molecule has 1 N–H and O–H groups in total. The maximum atomic E-state index is 5.48. The fraction of sp³-hybridized carbons (Fsp3) is 0.290. The number of aromatic nitrogens is 4. The molecule has 4 aromatic rings. The van der Waals surface area contributed by atoms with Crippen molar-refractivity contribution in [3.8, 4) is 11.4 Å². The van der Waals surface area contributed by atoms with E-state index in [1.807, 2.05) is 41.6 Å². The van der Waals surface area contributed by atoms with Crippen LogP contribution in [-0.4, -0.2) is 67.6 Å². The molecule has 0 radical (unpaired) electrons. The first-order valence-corrected chi connectivity index (χ1v) is 13.9. The molecule has 9 heteroatoms. The molecule has 1 fully saturated rings. The summed E-state index contributed by atoms with van der Waals surface area (Å²) in [6.45, 7) is 9.62. The van der Waals surface area contributed by atoms with E-state index >= 15 is 0 Å². The number of benzene rings is 1. The Balaban J connectivity index is 1.12. The molecule has 3 aliphatic heterocycles. The van der Waals surface area contributed by atoms with Crippen molar-refractivity contribution in [2.75, 3.05) is 26.3 Å². The molecule has 0 bridgehead atoms. The van der Waals surface area contributed by atoms with Gasteiger partial charge in [-0.2, -0.15) is 5.10 Å². The summed E-state index contributed by atoms with van der Waals surface area (Å²) in [6.07, 6.45) is 9.89. The fourth-order valence-electron chi connectivity index (χ4n) is 5.55. The molecule has 6 heterocycles. The van der Waals surface area contributed by atoms with E-state index in [-0.39, 0.29) is 6.17 Å². The second kappa shape index (κ2) is 10.3. The van der Waals surface area contributed by atoms with Gasteiger partial charge in [-0.1, -0.05) is 24.3 Å². The van der Waals surface area contributed by atoms with Gasteiger partial charge >= 0.3 is 0 Å². The summed E-state index contributed by atoms with van der Waals surface area (Å²) in [5.41, 5.74) is 9.03. The molecule has 7 rings (SSSR count). The Hall–Kier alpha value is -4.34. The average molecular weight is 533 g/mol. The molecule has 1 atom stereocenters. The normalized spacial score (nSPS) is 19.2. The van der Waals surface area contributed by atoms with Crippen LogP contribution in [-0.2, 0) is 17.8 Å². The van der Waals surface area contributed by atoms with Crippen LogP contribution in [0, 0.1) is 0 Å². The zero-order valence-electron chi connectivity index (χ0n) is 22.8. The molecular formula is C31H32N8O. The summed E-state index contributed by atoms with van der Waals surface area (Å²) < 4.78 is 7.52. The number of morpholine rings is 1. The monoisotopic (exact) mass is 532 g/mol. The Morgan fingerprint density at radius 2 is 1.85 bits per heavy atom. The summed E-state index contributed by atoms with van der Waals surface area (Å²) in [5, 5.41) is 11.6. The fourth-order valence-corrected chi connectivity index (χ4v) is 5.55. The number of aryl methyl sites for hydroxylation is 1. The highest BCUT2D eigenvalue weighted by Gasteiger charge is 2.31. The van der Waals surface area contributed by atoms with E-state index in [0.717, 1.165) is 78.7 Å². The van der Waals surface area contributed by atoms with E-state index in [1.54, 1.807) is 0 Å². The third-order valence-electron chi connectivity index (χ3n) is 7.79. The summed E-state index contributed by atoms with van der Waals surface area (Å²) >= 11 is 0. The number of allylic oxidation sites excluding steroid dienone is 1. The van der Waals surface area contributed by atoms with Crippen LogP contribution >= 0.6 is 0 Å². The van der Waals surface area contributed by atoms with E-state index < -0.39 is 0 Å². The van der Waals surface area contributed by atoms with Crippen LogP contribution in [0.2, 0.25) is 0 Å². The third-order valence-corrected chi connectivity index (χ3v) is 7.79. The van der Waals surface area contributed by atoms with Gasteiger partial charge in [0.1, 0.15) is 11.9 Å². The third kappa shape index (κ3) is 4.57. The maximum absolute atomic E-state index is 5.48. The highest BCUT2D eigenvalue weighted by Crippen LogP contribution is 2.35. The van der Waals surface area contributed by atoms with Crippen LogP contribution in [0.25, 0.3) is 33.7 Å². The van der Waals surface area contributed by atoms with Crippen LogP contribution in [0.3, 0.4) is 0 Å². The van der Waals surface area contributed by atoms with Crippen LogP contribution in [0.5, 0.6) is 0 Å². The van der Waals surface area contributed by atoms with Gasteiger partial charge in [0.25, 0.3) is 0 Å². The summed E-state index contributed by atoms with van der Waals surface area (Å²) in [4.78, 5) is 16.3. The predicted molar refractivity (Wildman–Crippen MR) is 157 cm³/mol. The lowest BCUT2D eigenvalue weighted by atomic mass is 9.98. The largest absolute Gasteiger partial charge is 0.379 e. The first-order valence-electron chi connectivity index (χ1n) is 13.9. The number of hydrazone groups is 1. The highest BCUT2D eigenvalue weighted by molar-refractivity contribution is 6.23. The van der Waals surface area contributed by atoms with E-state index in [9.17, 15) is 0 Å². The second-order valence-corrected chi connectivity index (χ2v) is 10.4. The molecule has 1 saturated heterocycles. The van der Waals surface area contributed by atoms with Crippen molar-refractivity contribution in [1.29, 1.82) is 0 Å². The molecule has 9 nitrogen and oxygen atoms in total. The minimum Gasteiger partial charge on any atom is -0.379 e. The van der Waals surface area contributed by atoms with E-state index in [0.29, 0.717) is 5.65 Å². The van der Waals surface area contributed by atoms with Gasteiger partial charge in [-0.3, -0.25) is 4.90 Å². The molecule has 202 valence electrons. The molecule has 0 saturated carbocycles. The van der Waals surface area contributed by atoms with Crippen LogP contribution in [0.1, 0.15) is 30.5 Å². The van der Waals surface area contributed by atoms with Crippen LogP contribution in [0.15, 0.2) is 78.6 Å². The number of rotatable bonds is 6. The number of fused-ring (bicyclic) bond motifs is 2. The van der Waals surface area contributed by atoms with E-state index in [1.165, 1.54) is 11.1 Å². The number of ether oxygens (including phenoxy) is 1. The quantitative estimate of drug-likeness (QED) is 0.395. The molecule has 1 unspecified atom stereocenters. The highest BCUT2D eigenvalue weighted by atomic mass is 16.5. The number of nitrogens with zero attached hydrogens (tertiary/aromatic N) is 7. The van der Waals surface area contributed by atoms with Gasteiger partial charge in [0.15, 0.2) is 5.65 Å². The van der Waals surface area contributed by atoms with Gasteiger partial charge in [0.05, 0.1) is 36.6 Å². The molecule has 0 aliphatic carbocycles. The van der Waals surface area contributed by atoms with Crippen molar-refractivity contribution >= 4 is 28.0 Å². The van der Waals surface area contributed by atoms with Crippen LogP contribution in [0.4, 0.5) is 0 Å². The van der Waals surface area contributed by atoms with Gasteiger partial charge in [0.2, 0.25) is 0 Å². The second-order valence-electron chi connectivity index (χ2n) is 10.4. The summed E-state index contributed by atoms with van der Waals surface area (Å²) in [5.74, 6) is 0. The van der Waals surface area contributed by atoms with Crippen molar-refractivity contribution in [3.63, 3.8) is 0 Å². The molecule has 40 heavy (non-hydrogen) atoms.